The van der Waals surface area contributed by atoms with Gasteiger partial charge in [-0.1, -0.05) is 0 Å². The molecule has 2 aromatic rings. The maximum absolute atomic E-state index is 11.7. The lowest BCUT2D eigenvalue weighted by Gasteiger charge is -2.10. The average molecular weight is 248 g/mol. The van der Waals surface area contributed by atoms with Crippen LogP contribution in [0.5, 0.6) is 0 Å². The molecule has 0 aromatic carbocycles. The quantitative estimate of drug-likeness (QED) is 0.720. The van der Waals surface area contributed by atoms with Gasteiger partial charge in [0.15, 0.2) is 5.65 Å². The zero-order valence-corrected chi connectivity index (χ0v) is 9.65. The number of carbonyl (C=O) groups is 1. The van der Waals surface area contributed by atoms with Crippen molar-refractivity contribution in [2.45, 2.75) is 19.1 Å². The lowest BCUT2D eigenvalue weighted by molar-refractivity contribution is -0.149. The smallest absolute Gasteiger partial charge is 0.326 e. The van der Waals surface area contributed by atoms with Gasteiger partial charge in [0.05, 0.1) is 25.7 Å². The Morgan fingerprint density at radius 1 is 1.56 bits per heavy atom. The van der Waals surface area contributed by atoms with Gasteiger partial charge < -0.3 is 14.0 Å². The molecule has 1 unspecified atom stereocenters. The van der Waals surface area contributed by atoms with E-state index in [0.717, 1.165) is 6.42 Å². The van der Waals surface area contributed by atoms with Crippen molar-refractivity contribution >= 4 is 17.1 Å². The second-order valence-corrected chi connectivity index (χ2v) is 4.08. The highest BCUT2D eigenvalue weighted by atomic mass is 16.6. The molecule has 0 amide bonds. The molecule has 0 spiro atoms. The fraction of sp³-hybridized carbons (Fsp3) is 0.455. The van der Waals surface area contributed by atoms with Crippen LogP contribution in [-0.4, -0.2) is 44.8 Å². The number of imidazole rings is 1. The van der Waals surface area contributed by atoms with Gasteiger partial charge in [-0.2, -0.15) is 0 Å². The molecule has 0 saturated carbocycles. The third kappa shape index (κ3) is 2.17. The van der Waals surface area contributed by atoms with E-state index < -0.39 is 0 Å². The first-order valence-corrected chi connectivity index (χ1v) is 5.71. The maximum atomic E-state index is 11.7. The zero-order valence-electron chi connectivity index (χ0n) is 9.65. The molecule has 3 rings (SSSR count). The highest BCUT2D eigenvalue weighted by Gasteiger charge is 2.20. The molecule has 18 heavy (non-hydrogen) atoms. The second kappa shape index (κ2) is 4.69. The van der Waals surface area contributed by atoms with Crippen molar-refractivity contribution in [3.05, 3.63) is 18.9 Å². The predicted octanol–water partition coefficient (Wildman–Crippen LogP) is 0.158. The molecule has 7 heteroatoms. The van der Waals surface area contributed by atoms with Gasteiger partial charge in [0.2, 0.25) is 0 Å². The molecule has 1 saturated heterocycles. The van der Waals surface area contributed by atoms with Crippen LogP contribution in [0.4, 0.5) is 0 Å². The number of nitrogens with zero attached hydrogens (tertiary/aromatic N) is 4. The van der Waals surface area contributed by atoms with E-state index >= 15 is 0 Å². The van der Waals surface area contributed by atoms with Gasteiger partial charge >= 0.3 is 5.97 Å². The third-order valence-corrected chi connectivity index (χ3v) is 2.77. The van der Waals surface area contributed by atoms with Crippen molar-refractivity contribution in [2.75, 3.05) is 13.2 Å². The molecule has 7 nitrogen and oxygen atoms in total. The summed E-state index contributed by atoms with van der Waals surface area (Å²) in [4.78, 5) is 23.8. The van der Waals surface area contributed by atoms with Crippen molar-refractivity contribution in [1.29, 1.82) is 0 Å². The lowest BCUT2D eigenvalue weighted by Crippen LogP contribution is -2.21. The van der Waals surface area contributed by atoms with Gasteiger partial charge in [-0.3, -0.25) is 4.79 Å². The Hall–Kier alpha value is -2.02. The van der Waals surface area contributed by atoms with Gasteiger partial charge in [0.25, 0.3) is 0 Å². The van der Waals surface area contributed by atoms with Crippen molar-refractivity contribution in [3.63, 3.8) is 0 Å². The van der Waals surface area contributed by atoms with E-state index in [9.17, 15) is 4.79 Å². The normalized spacial score (nSPS) is 19.2. The van der Waals surface area contributed by atoms with Gasteiger partial charge in [-0.15, -0.1) is 0 Å². The van der Waals surface area contributed by atoms with Crippen LogP contribution in [0.1, 0.15) is 6.42 Å². The van der Waals surface area contributed by atoms with Crippen LogP contribution in [0, 0.1) is 0 Å². The Bertz CT molecular complexity index is 562. The number of carbonyl (C=O) groups excluding carboxylic acids is 1. The molecule has 1 atom stereocenters. The van der Waals surface area contributed by atoms with Crippen LogP contribution in [0.2, 0.25) is 0 Å². The number of fused-ring (bicyclic) bond motifs is 1. The van der Waals surface area contributed by atoms with Gasteiger partial charge in [0, 0.05) is 6.42 Å². The van der Waals surface area contributed by atoms with Gasteiger partial charge in [0.1, 0.15) is 24.5 Å². The summed E-state index contributed by atoms with van der Waals surface area (Å²) < 4.78 is 12.1. The topological polar surface area (TPSA) is 79.1 Å². The van der Waals surface area contributed by atoms with E-state index in [2.05, 4.69) is 15.0 Å². The van der Waals surface area contributed by atoms with Crippen LogP contribution in [-0.2, 0) is 20.8 Å². The van der Waals surface area contributed by atoms with Crippen molar-refractivity contribution < 1.29 is 14.3 Å². The molecule has 3 heterocycles. The van der Waals surface area contributed by atoms with E-state index in [1.54, 1.807) is 17.1 Å². The number of rotatable bonds is 3. The molecule has 1 aliphatic heterocycles. The predicted molar refractivity (Wildman–Crippen MR) is 60.6 cm³/mol. The average Bonchev–Trinajstić information content (AvgIpc) is 3.00. The Morgan fingerprint density at radius 3 is 3.33 bits per heavy atom. The van der Waals surface area contributed by atoms with E-state index in [1.165, 1.54) is 6.33 Å². The van der Waals surface area contributed by atoms with Crippen LogP contribution in [0.3, 0.4) is 0 Å². The number of hydrogen-bond acceptors (Lipinski definition) is 6. The Morgan fingerprint density at radius 2 is 2.50 bits per heavy atom. The Kier molecular flexibility index (Phi) is 2.89. The summed E-state index contributed by atoms with van der Waals surface area (Å²) >= 11 is 0. The summed E-state index contributed by atoms with van der Waals surface area (Å²) in [5.74, 6) is -0.302. The van der Waals surface area contributed by atoms with E-state index in [1.807, 2.05) is 0 Å². The summed E-state index contributed by atoms with van der Waals surface area (Å²) in [6, 6.07) is 0. The van der Waals surface area contributed by atoms with Crippen LogP contribution >= 0.6 is 0 Å². The van der Waals surface area contributed by atoms with Crippen molar-refractivity contribution in [1.82, 2.24) is 19.5 Å². The standard InChI is InChI=1S/C11H12N4O3/c16-10(18-8-1-2-17-5-8)4-15-7-14-9-3-12-6-13-11(9)15/h3,6-8H,1-2,4-5H2. The summed E-state index contributed by atoms with van der Waals surface area (Å²) in [6.07, 6.45) is 5.23. The summed E-state index contributed by atoms with van der Waals surface area (Å²) in [5.41, 5.74) is 1.29. The SMILES string of the molecule is O=C(Cn1cnc2cncnc21)OC1CCOC1. The maximum Gasteiger partial charge on any atom is 0.326 e. The third-order valence-electron chi connectivity index (χ3n) is 2.77. The lowest BCUT2D eigenvalue weighted by atomic mass is 10.3. The first-order chi connectivity index (χ1) is 8.83. The van der Waals surface area contributed by atoms with Crippen molar-refractivity contribution in [2.24, 2.45) is 0 Å². The second-order valence-electron chi connectivity index (χ2n) is 4.08. The molecule has 1 fully saturated rings. The molecule has 1 aliphatic rings. The minimum Gasteiger partial charge on any atom is -0.458 e. The largest absolute Gasteiger partial charge is 0.458 e. The fourth-order valence-electron chi connectivity index (χ4n) is 1.90. The van der Waals surface area contributed by atoms with E-state index in [0.29, 0.717) is 24.4 Å². The molecule has 2 aromatic heterocycles. The Balaban J connectivity index is 1.70. The minimum absolute atomic E-state index is 0.101. The minimum atomic E-state index is -0.302. The molecule has 0 N–H and O–H groups in total. The number of esters is 1. The molecule has 0 radical (unpaired) electrons. The number of ether oxygens (including phenoxy) is 2. The summed E-state index contributed by atoms with van der Waals surface area (Å²) in [5, 5.41) is 0. The molecule has 0 bridgehead atoms. The summed E-state index contributed by atoms with van der Waals surface area (Å²) in [6.45, 7) is 1.24. The number of aromatic nitrogens is 4. The Labute approximate surface area is 103 Å². The highest BCUT2D eigenvalue weighted by Crippen LogP contribution is 2.11. The highest BCUT2D eigenvalue weighted by molar-refractivity contribution is 5.74. The molecular formula is C11H12N4O3. The van der Waals surface area contributed by atoms with Gasteiger partial charge in [-0.05, 0) is 0 Å². The van der Waals surface area contributed by atoms with E-state index in [-0.39, 0.29) is 18.6 Å². The zero-order chi connectivity index (χ0) is 12.4. The van der Waals surface area contributed by atoms with Gasteiger partial charge in [-0.25, -0.2) is 15.0 Å². The molecule has 94 valence electrons. The fourth-order valence-corrected chi connectivity index (χ4v) is 1.90. The van der Waals surface area contributed by atoms with Crippen LogP contribution in [0.15, 0.2) is 18.9 Å². The monoisotopic (exact) mass is 248 g/mol. The van der Waals surface area contributed by atoms with E-state index in [4.69, 9.17) is 9.47 Å². The van der Waals surface area contributed by atoms with Crippen molar-refractivity contribution in [3.8, 4) is 0 Å². The first kappa shape index (κ1) is 11.1. The van der Waals surface area contributed by atoms with Crippen LogP contribution in [0.25, 0.3) is 11.2 Å². The van der Waals surface area contributed by atoms with Crippen LogP contribution < -0.4 is 0 Å². The first-order valence-electron chi connectivity index (χ1n) is 5.71. The molecular weight excluding hydrogens is 236 g/mol. The summed E-state index contributed by atoms with van der Waals surface area (Å²) in [7, 11) is 0. The molecule has 0 aliphatic carbocycles. The number of hydrogen-bond donors (Lipinski definition) is 0.